The number of aromatic nitrogens is 2. The Bertz CT molecular complexity index is 798. The third kappa shape index (κ3) is 2.31. The predicted octanol–water partition coefficient (Wildman–Crippen LogP) is 0.409. The lowest BCUT2D eigenvalue weighted by molar-refractivity contribution is -0.148. The van der Waals surface area contributed by atoms with E-state index in [4.69, 9.17) is 0 Å². The summed E-state index contributed by atoms with van der Waals surface area (Å²) in [7, 11) is 1.75. The van der Waals surface area contributed by atoms with Crippen LogP contribution in [0.1, 0.15) is 28.7 Å². The van der Waals surface area contributed by atoms with Crippen molar-refractivity contribution in [3.05, 3.63) is 28.2 Å². The maximum Gasteiger partial charge on any atom is 0.352 e. The van der Waals surface area contributed by atoms with Gasteiger partial charge >= 0.3 is 5.97 Å². The maximum absolute atomic E-state index is 12.5. The van der Waals surface area contributed by atoms with Crippen LogP contribution >= 0.6 is 11.8 Å². The molecule has 0 aromatic carbocycles. The smallest absolute Gasteiger partial charge is 0.352 e. The zero-order valence-corrected chi connectivity index (χ0v) is 14.6. The molecule has 1 aromatic heterocycles. The molecule has 1 saturated heterocycles. The number of amides is 2. The molecule has 2 aliphatic heterocycles. The Morgan fingerprint density at radius 2 is 2.00 bits per heavy atom. The summed E-state index contributed by atoms with van der Waals surface area (Å²) in [5.41, 5.74) is 2.44. The molecule has 3 rings (SSSR count). The second-order valence-electron chi connectivity index (χ2n) is 5.96. The van der Waals surface area contributed by atoms with Crippen molar-refractivity contribution >= 4 is 29.5 Å². The molecule has 1 fully saturated rings. The van der Waals surface area contributed by atoms with Crippen molar-refractivity contribution in [1.82, 2.24) is 20.0 Å². The van der Waals surface area contributed by atoms with Gasteiger partial charge in [-0.15, -0.1) is 11.8 Å². The molecule has 0 saturated carbocycles. The number of nitrogens with one attached hydrogen (secondary N) is 1. The Labute approximate surface area is 142 Å². The van der Waals surface area contributed by atoms with Crippen LogP contribution in [-0.4, -0.2) is 54.7 Å². The average Bonchev–Trinajstić information content (AvgIpc) is 2.76. The lowest BCUT2D eigenvalue weighted by Gasteiger charge is -2.49. The van der Waals surface area contributed by atoms with Gasteiger partial charge in [-0.1, -0.05) is 0 Å². The molecule has 2 atom stereocenters. The Balaban J connectivity index is 1.81. The van der Waals surface area contributed by atoms with Crippen LogP contribution in [0.25, 0.3) is 0 Å². The van der Waals surface area contributed by atoms with E-state index in [1.165, 1.54) is 16.7 Å². The van der Waals surface area contributed by atoms with Crippen LogP contribution in [0.5, 0.6) is 0 Å². The SMILES string of the molecule is CC1=C(C(=O)O)N2C(=O)[C@H](NC(=O)c3c(C)nn(C)c3C)[C@H]2SC1. The first kappa shape index (κ1) is 16.6. The molecule has 9 heteroatoms. The van der Waals surface area contributed by atoms with Gasteiger partial charge in [0, 0.05) is 18.5 Å². The number of β-lactam (4-membered cyclic amide) rings is 1. The molecule has 1 aromatic rings. The topological polar surface area (TPSA) is 105 Å². The largest absolute Gasteiger partial charge is 0.477 e. The van der Waals surface area contributed by atoms with Crippen molar-refractivity contribution in [2.75, 3.05) is 5.75 Å². The van der Waals surface area contributed by atoms with E-state index in [0.717, 1.165) is 0 Å². The zero-order valence-electron chi connectivity index (χ0n) is 13.8. The second kappa shape index (κ2) is 5.66. The fourth-order valence-electron chi connectivity index (χ4n) is 3.09. The Morgan fingerprint density at radius 3 is 2.54 bits per heavy atom. The first-order chi connectivity index (χ1) is 11.2. The molecular formula is C15H18N4O4S. The molecule has 3 heterocycles. The number of carbonyl (C=O) groups is 3. The van der Waals surface area contributed by atoms with Crippen molar-refractivity contribution in [1.29, 1.82) is 0 Å². The number of hydrogen-bond donors (Lipinski definition) is 2. The number of fused-ring (bicyclic) bond motifs is 1. The quantitative estimate of drug-likeness (QED) is 0.765. The summed E-state index contributed by atoms with van der Waals surface area (Å²) in [4.78, 5) is 37.6. The summed E-state index contributed by atoms with van der Waals surface area (Å²) in [5.74, 6) is -1.35. The number of nitrogens with zero attached hydrogens (tertiary/aromatic N) is 3. The minimum absolute atomic E-state index is 0.0305. The van der Waals surface area contributed by atoms with E-state index in [0.29, 0.717) is 28.3 Å². The van der Waals surface area contributed by atoms with Crippen LogP contribution in [0.3, 0.4) is 0 Å². The molecule has 2 N–H and O–H groups in total. The van der Waals surface area contributed by atoms with Crippen molar-refractivity contribution in [2.24, 2.45) is 7.05 Å². The van der Waals surface area contributed by atoms with Crippen molar-refractivity contribution in [2.45, 2.75) is 32.2 Å². The van der Waals surface area contributed by atoms with Crippen LogP contribution in [0.2, 0.25) is 0 Å². The Hall–Kier alpha value is -2.29. The van der Waals surface area contributed by atoms with Gasteiger partial charge in [-0.05, 0) is 26.3 Å². The van der Waals surface area contributed by atoms with Gasteiger partial charge in [-0.25, -0.2) is 4.79 Å². The third-order valence-corrected chi connectivity index (χ3v) is 5.81. The van der Waals surface area contributed by atoms with E-state index in [1.807, 2.05) is 0 Å². The summed E-state index contributed by atoms with van der Waals surface area (Å²) in [6.07, 6.45) is 0. The van der Waals surface area contributed by atoms with Gasteiger partial charge < -0.3 is 10.4 Å². The van der Waals surface area contributed by atoms with Crippen LogP contribution in [0.15, 0.2) is 11.3 Å². The normalized spacial score (nSPS) is 23.0. The highest BCUT2D eigenvalue weighted by atomic mass is 32.2. The third-order valence-electron chi connectivity index (χ3n) is 4.38. The lowest BCUT2D eigenvalue weighted by atomic mass is 10.0. The Kier molecular flexibility index (Phi) is 3.90. The second-order valence-corrected chi connectivity index (χ2v) is 7.07. The van der Waals surface area contributed by atoms with E-state index in [2.05, 4.69) is 10.4 Å². The van der Waals surface area contributed by atoms with E-state index < -0.39 is 17.9 Å². The van der Waals surface area contributed by atoms with Crippen LogP contribution in [0.4, 0.5) is 0 Å². The van der Waals surface area contributed by atoms with E-state index in [9.17, 15) is 19.5 Å². The zero-order chi connectivity index (χ0) is 17.8. The van der Waals surface area contributed by atoms with Gasteiger partial charge in [0.05, 0.1) is 11.3 Å². The first-order valence-electron chi connectivity index (χ1n) is 7.42. The molecule has 0 bridgehead atoms. The number of thioether (sulfide) groups is 1. The molecule has 2 amide bonds. The van der Waals surface area contributed by atoms with Crippen LogP contribution in [-0.2, 0) is 16.6 Å². The first-order valence-corrected chi connectivity index (χ1v) is 8.47. The summed E-state index contributed by atoms with van der Waals surface area (Å²) in [5, 5.41) is 15.9. The van der Waals surface area contributed by atoms with Gasteiger partial charge in [-0.2, -0.15) is 5.10 Å². The maximum atomic E-state index is 12.5. The molecule has 8 nitrogen and oxygen atoms in total. The standard InChI is InChI=1S/C15H18N4O4S/c1-6-5-24-14-10(13(21)19(14)11(6)15(22)23)16-12(20)9-7(2)17-18(4)8(9)3/h10,14H,5H2,1-4H3,(H,16,20)(H,22,23)/t10-,14+/m0/s1. The van der Waals surface area contributed by atoms with Gasteiger partial charge in [0.1, 0.15) is 17.1 Å². The molecule has 0 aliphatic carbocycles. The van der Waals surface area contributed by atoms with Crippen molar-refractivity contribution < 1.29 is 19.5 Å². The number of carbonyl (C=O) groups excluding carboxylic acids is 2. The van der Waals surface area contributed by atoms with Gasteiger partial charge in [0.25, 0.3) is 11.8 Å². The summed E-state index contributed by atoms with van der Waals surface area (Å²) in [6.45, 7) is 5.23. The number of carboxylic acid groups (broad SMARTS) is 1. The molecule has 2 aliphatic rings. The Morgan fingerprint density at radius 1 is 1.33 bits per heavy atom. The van der Waals surface area contributed by atoms with E-state index >= 15 is 0 Å². The number of hydrogen-bond acceptors (Lipinski definition) is 5. The van der Waals surface area contributed by atoms with Gasteiger partial charge in [0.15, 0.2) is 0 Å². The molecule has 24 heavy (non-hydrogen) atoms. The highest BCUT2D eigenvalue weighted by molar-refractivity contribution is 8.00. The summed E-state index contributed by atoms with van der Waals surface area (Å²) < 4.78 is 1.61. The minimum atomic E-state index is -1.12. The fourth-order valence-corrected chi connectivity index (χ4v) is 4.38. The number of aryl methyl sites for hydroxylation is 2. The molecule has 0 unspecified atom stereocenters. The minimum Gasteiger partial charge on any atom is -0.477 e. The van der Waals surface area contributed by atoms with E-state index in [1.54, 1.807) is 32.5 Å². The van der Waals surface area contributed by atoms with Crippen LogP contribution < -0.4 is 5.32 Å². The molecule has 128 valence electrons. The highest BCUT2D eigenvalue weighted by Crippen LogP contribution is 2.40. The molecule has 0 radical (unpaired) electrons. The van der Waals surface area contributed by atoms with E-state index in [-0.39, 0.29) is 17.0 Å². The lowest BCUT2D eigenvalue weighted by Crippen LogP contribution is -2.70. The van der Waals surface area contributed by atoms with Gasteiger partial charge in [-0.3, -0.25) is 19.2 Å². The van der Waals surface area contributed by atoms with Crippen molar-refractivity contribution in [3.8, 4) is 0 Å². The van der Waals surface area contributed by atoms with Gasteiger partial charge in [0.2, 0.25) is 0 Å². The number of aliphatic carboxylic acids is 1. The average molecular weight is 350 g/mol. The number of carboxylic acids is 1. The molecule has 0 spiro atoms. The monoisotopic (exact) mass is 350 g/mol. The fraction of sp³-hybridized carbons (Fsp3) is 0.467. The summed E-state index contributed by atoms with van der Waals surface area (Å²) in [6, 6.07) is -0.719. The highest BCUT2D eigenvalue weighted by Gasteiger charge is 2.53. The summed E-state index contributed by atoms with van der Waals surface area (Å²) >= 11 is 1.45. The predicted molar refractivity (Wildman–Crippen MR) is 87.4 cm³/mol. The number of rotatable bonds is 3. The van der Waals surface area contributed by atoms with Crippen molar-refractivity contribution in [3.63, 3.8) is 0 Å². The van der Waals surface area contributed by atoms with Crippen LogP contribution in [0, 0.1) is 13.8 Å². The molecular weight excluding hydrogens is 332 g/mol.